The average molecular weight is 266 g/mol. The van der Waals surface area contributed by atoms with Crippen LogP contribution in [0.1, 0.15) is 13.8 Å². The number of amides is 2. The van der Waals surface area contributed by atoms with E-state index in [1.807, 2.05) is 0 Å². The highest BCUT2D eigenvalue weighted by Crippen LogP contribution is 1.93. The van der Waals surface area contributed by atoms with Gasteiger partial charge in [-0.05, 0) is 13.8 Å². The number of urea groups is 1. The Kier molecular flexibility index (Phi) is 6.74. The van der Waals surface area contributed by atoms with Gasteiger partial charge < -0.3 is 20.8 Å². The van der Waals surface area contributed by atoms with Crippen LogP contribution in [0.15, 0.2) is 0 Å². The minimum absolute atomic E-state index is 0.278. The monoisotopic (exact) mass is 266 g/mol. The van der Waals surface area contributed by atoms with Crippen molar-refractivity contribution in [2.75, 3.05) is 12.0 Å². The molecule has 2 unspecified atom stereocenters. The van der Waals surface area contributed by atoms with Crippen LogP contribution in [-0.4, -0.2) is 56.6 Å². The summed E-state index contributed by atoms with van der Waals surface area (Å²) in [4.78, 5) is 22.0. The Morgan fingerprint density at radius 3 is 2.18 bits per heavy atom. The number of rotatable bonds is 6. The highest BCUT2D eigenvalue weighted by molar-refractivity contribution is 7.84. The van der Waals surface area contributed by atoms with Crippen LogP contribution in [0.5, 0.6) is 0 Å². The third kappa shape index (κ3) is 6.90. The van der Waals surface area contributed by atoms with E-state index in [9.17, 15) is 13.8 Å². The second kappa shape index (κ2) is 7.23. The van der Waals surface area contributed by atoms with Gasteiger partial charge in [-0.2, -0.15) is 0 Å². The lowest BCUT2D eigenvalue weighted by atomic mass is 10.2. The molecule has 7 nitrogen and oxygen atoms in total. The molecule has 0 aliphatic carbocycles. The molecule has 0 aliphatic heterocycles. The van der Waals surface area contributed by atoms with E-state index in [4.69, 9.17) is 10.2 Å². The van der Waals surface area contributed by atoms with Crippen molar-refractivity contribution < 1.29 is 24.0 Å². The maximum absolute atomic E-state index is 11.4. The van der Waals surface area contributed by atoms with Crippen LogP contribution in [0.25, 0.3) is 0 Å². The third-order valence-electron chi connectivity index (χ3n) is 1.90. The maximum atomic E-state index is 11.4. The molecule has 4 atom stereocenters. The highest BCUT2D eigenvalue weighted by Gasteiger charge is 2.25. The van der Waals surface area contributed by atoms with Gasteiger partial charge in [-0.25, -0.2) is 9.59 Å². The van der Waals surface area contributed by atoms with Gasteiger partial charge in [-0.1, -0.05) is 0 Å². The lowest BCUT2D eigenvalue weighted by Gasteiger charge is -2.19. The maximum Gasteiger partial charge on any atom is 0.328 e. The SMILES string of the molecule is CC(CS(C)=O)NC(=O)N[C@H](C(=O)O)[C@@H](C)O. The van der Waals surface area contributed by atoms with E-state index in [1.54, 1.807) is 6.92 Å². The molecular formula is C9H18N2O5S. The van der Waals surface area contributed by atoms with Crippen LogP contribution < -0.4 is 10.6 Å². The zero-order valence-electron chi connectivity index (χ0n) is 9.97. The molecule has 0 radical (unpaired) electrons. The van der Waals surface area contributed by atoms with Gasteiger partial charge in [0.1, 0.15) is 0 Å². The van der Waals surface area contributed by atoms with Gasteiger partial charge in [-0.3, -0.25) is 4.21 Å². The highest BCUT2D eigenvalue weighted by atomic mass is 32.2. The fourth-order valence-electron chi connectivity index (χ4n) is 1.19. The quantitative estimate of drug-likeness (QED) is 0.486. The minimum atomic E-state index is -1.37. The molecule has 2 amide bonds. The van der Waals surface area contributed by atoms with Crippen molar-refractivity contribution in [3.05, 3.63) is 0 Å². The van der Waals surface area contributed by atoms with E-state index in [2.05, 4.69) is 10.6 Å². The Morgan fingerprint density at radius 1 is 1.29 bits per heavy atom. The van der Waals surface area contributed by atoms with E-state index in [0.29, 0.717) is 0 Å². The summed E-state index contributed by atoms with van der Waals surface area (Å²) in [7, 11) is -1.05. The number of carbonyl (C=O) groups is 2. The summed E-state index contributed by atoms with van der Waals surface area (Å²) in [6.07, 6.45) is 0.306. The number of nitrogens with one attached hydrogen (secondary N) is 2. The summed E-state index contributed by atoms with van der Waals surface area (Å²) in [6, 6.07) is -2.42. The standard InChI is InChI=1S/C9H18N2O5S/c1-5(4-17(3)16)10-9(15)11-7(6(2)12)8(13)14/h5-7,12H,4H2,1-3H3,(H,13,14)(H2,10,11,15)/t5?,6-,7+,17?/m1/s1. The van der Waals surface area contributed by atoms with Crippen molar-refractivity contribution in [3.63, 3.8) is 0 Å². The molecular weight excluding hydrogens is 248 g/mol. The van der Waals surface area contributed by atoms with Crippen molar-refractivity contribution in [2.45, 2.75) is 32.0 Å². The third-order valence-corrected chi connectivity index (χ3v) is 2.87. The molecule has 0 aromatic carbocycles. The second-order valence-corrected chi connectivity index (χ2v) is 5.29. The van der Waals surface area contributed by atoms with Crippen molar-refractivity contribution in [3.8, 4) is 0 Å². The summed E-state index contributed by atoms with van der Waals surface area (Å²) >= 11 is 0. The van der Waals surface area contributed by atoms with Crippen LogP contribution in [0.2, 0.25) is 0 Å². The van der Waals surface area contributed by atoms with Crippen LogP contribution >= 0.6 is 0 Å². The Labute approximate surface area is 102 Å². The first kappa shape index (κ1) is 15.9. The smallest absolute Gasteiger partial charge is 0.328 e. The molecule has 0 fully saturated rings. The number of aliphatic hydroxyl groups is 1. The zero-order chi connectivity index (χ0) is 13.6. The van der Waals surface area contributed by atoms with Gasteiger partial charge in [-0.15, -0.1) is 0 Å². The van der Waals surface area contributed by atoms with Crippen LogP contribution in [-0.2, 0) is 15.6 Å². The zero-order valence-corrected chi connectivity index (χ0v) is 10.8. The Hall–Kier alpha value is -1.15. The molecule has 100 valence electrons. The number of carboxylic acid groups (broad SMARTS) is 1. The molecule has 0 aromatic rings. The Morgan fingerprint density at radius 2 is 1.82 bits per heavy atom. The first-order valence-electron chi connectivity index (χ1n) is 5.02. The van der Waals surface area contributed by atoms with Gasteiger partial charge >= 0.3 is 12.0 Å². The molecule has 0 aromatic heterocycles. The van der Waals surface area contributed by atoms with Crippen molar-refractivity contribution >= 4 is 22.8 Å². The van der Waals surface area contributed by atoms with E-state index in [1.165, 1.54) is 13.2 Å². The van der Waals surface area contributed by atoms with Crippen LogP contribution in [0.3, 0.4) is 0 Å². The van der Waals surface area contributed by atoms with E-state index in [0.717, 1.165) is 0 Å². The first-order valence-corrected chi connectivity index (χ1v) is 6.74. The number of aliphatic hydroxyl groups excluding tert-OH is 1. The van der Waals surface area contributed by atoms with Crippen LogP contribution in [0.4, 0.5) is 4.79 Å². The molecule has 0 aliphatic rings. The van der Waals surface area contributed by atoms with Gasteiger partial charge in [0.05, 0.1) is 6.10 Å². The van der Waals surface area contributed by atoms with E-state index in [-0.39, 0.29) is 11.8 Å². The van der Waals surface area contributed by atoms with Gasteiger partial charge in [0.15, 0.2) is 6.04 Å². The molecule has 0 saturated carbocycles. The first-order chi connectivity index (χ1) is 7.73. The molecule has 17 heavy (non-hydrogen) atoms. The molecule has 4 N–H and O–H groups in total. The topological polar surface area (TPSA) is 116 Å². The predicted octanol–water partition coefficient (Wildman–Crippen LogP) is -1.11. The number of hydrogen-bond donors (Lipinski definition) is 4. The molecule has 0 bridgehead atoms. The van der Waals surface area contributed by atoms with Crippen molar-refractivity contribution in [1.82, 2.24) is 10.6 Å². The van der Waals surface area contributed by atoms with E-state index >= 15 is 0 Å². The molecule has 0 spiro atoms. The summed E-state index contributed by atoms with van der Waals surface area (Å²) in [6.45, 7) is 2.92. The fourth-order valence-corrected chi connectivity index (χ4v) is 1.98. The van der Waals surface area contributed by atoms with E-state index < -0.39 is 34.9 Å². The predicted molar refractivity (Wildman–Crippen MR) is 63.2 cm³/mol. The summed E-state index contributed by atoms with van der Waals surface area (Å²) in [5, 5.41) is 22.4. The van der Waals surface area contributed by atoms with Crippen molar-refractivity contribution in [1.29, 1.82) is 0 Å². The summed E-state index contributed by atoms with van der Waals surface area (Å²) in [5.41, 5.74) is 0. The Bertz CT molecular complexity index is 308. The average Bonchev–Trinajstić information content (AvgIpc) is 2.11. The number of aliphatic carboxylic acids is 1. The number of carboxylic acids is 1. The van der Waals surface area contributed by atoms with Gasteiger partial charge in [0.25, 0.3) is 0 Å². The lowest BCUT2D eigenvalue weighted by molar-refractivity contribution is -0.141. The number of hydrogen-bond acceptors (Lipinski definition) is 4. The Balaban J connectivity index is 4.24. The van der Waals surface area contributed by atoms with Gasteiger partial charge in [0, 0.05) is 28.9 Å². The summed E-state index contributed by atoms with van der Waals surface area (Å²) in [5.74, 6) is -1.04. The van der Waals surface area contributed by atoms with Crippen molar-refractivity contribution in [2.24, 2.45) is 0 Å². The minimum Gasteiger partial charge on any atom is -0.480 e. The fraction of sp³-hybridized carbons (Fsp3) is 0.778. The molecule has 8 heteroatoms. The second-order valence-electron chi connectivity index (χ2n) is 3.82. The largest absolute Gasteiger partial charge is 0.480 e. The number of carbonyl (C=O) groups excluding carboxylic acids is 1. The normalized spacial score (nSPS) is 17.6. The van der Waals surface area contributed by atoms with Gasteiger partial charge in [0.2, 0.25) is 0 Å². The molecule has 0 saturated heterocycles. The summed E-state index contributed by atoms with van der Waals surface area (Å²) < 4.78 is 10.9. The lowest BCUT2D eigenvalue weighted by Crippen LogP contribution is -2.53. The molecule has 0 heterocycles. The molecule has 0 rings (SSSR count). The van der Waals surface area contributed by atoms with Crippen LogP contribution in [0, 0.1) is 0 Å².